The summed E-state index contributed by atoms with van der Waals surface area (Å²) >= 11 is 0. The van der Waals surface area contributed by atoms with E-state index in [1.807, 2.05) is 0 Å². The SMILES string of the molecule is Cc1cccn1CC1COCCO1. The van der Waals surface area contributed by atoms with Crippen LogP contribution >= 0.6 is 0 Å². The van der Waals surface area contributed by atoms with Crippen molar-refractivity contribution in [2.45, 2.75) is 19.6 Å². The van der Waals surface area contributed by atoms with Crippen molar-refractivity contribution in [2.75, 3.05) is 19.8 Å². The Morgan fingerprint density at radius 2 is 2.46 bits per heavy atom. The Bertz CT molecular complexity index is 264. The van der Waals surface area contributed by atoms with E-state index in [1.54, 1.807) is 0 Å². The predicted octanol–water partition coefficient (Wildman–Crippen LogP) is 1.21. The summed E-state index contributed by atoms with van der Waals surface area (Å²) in [6.45, 7) is 5.19. The highest BCUT2D eigenvalue weighted by molar-refractivity contribution is 5.04. The maximum Gasteiger partial charge on any atom is 0.0987 e. The topological polar surface area (TPSA) is 23.4 Å². The molecule has 1 saturated heterocycles. The lowest BCUT2D eigenvalue weighted by atomic mass is 10.3. The van der Waals surface area contributed by atoms with Crippen LogP contribution in [0.5, 0.6) is 0 Å². The Labute approximate surface area is 78.3 Å². The molecule has 0 aromatic carbocycles. The maximum atomic E-state index is 5.56. The molecule has 1 aromatic heterocycles. The van der Waals surface area contributed by atoms with E-state index in [0.29, 0.717) is 0 Å². The number of nitrogens with zero attached hydrogens (tertiary/aromatic N) is 1. The Morgan fingerprint density at radius 3 is 3.08 bits per heavy atom. The quantitative estimate of drug-likeness (QED) is 0.684. The van der Waals surface area contributed by atoms with Gasteiger partial charge in [-0.05, 0) is 19.1 Å². The molecule has 1 atom stereocenters. The van der Waals surface area contributed by atoms with Crippen molar-refractivity contribution in [3.63, 3.8) is 0 Å². The van der Waals surface area contributed by atoms with Gasteiger partial charge in [-0.1, -0.05) is 0 Å². The molecular weight excluding hydrogens is 166 g/mol. The minimum Gasteiger partial charge on any atom is -0.376 e. The molecule has 13 heavy (non-hydrogen) atoms. The zero-order chi connectivity index (χ0) is 9.10. The van der Waals surface area contributed by atoms with Crippen molar-refractivity contribution >= 4 is 0 Å². The van der Waals surface area contributed by atoms with E-state index in [4.69, 9.17) is 9.47 Å². The summed E-state index contributed by atoms with van der Waals surface area (Å²) in [6.07, 6.45) is 2.30. The van der Waals surface area contributed by atoms with Gasteiger partial charge in [0.25, 0.3) is 0 Å². The lowest BCUT2D eigenvalue weighted by Gasteiger charge is -2.23. The molecular formula is C10H15NO2. The fourth-order valence-electron chi connectivity index (χ4n) is 1.57. The number of ether oxygens (including phenoxy) is 2. The third-order valence-corrected chi connectivity index (χ3v) is 2.34. The lowest BCUT2D eigenvalue weighted by Crippen LogP contribution is -2.32. The van der Waals surface area contributed by atoms with E-state index < -0.39 is 0 Å². The second kappa shape index (κ2) is 3.94. The standard InChI is InChI=1S/C10H15NO2/c1-9-3-2-4-11(9)7-10-8-12-5-6-13-10/h2-4,10H,5-8H2,1H3. The normalized spacial score (nSPS) is 23.3. The number of hydrogen-bond acceptors (Lipinski definition) is 2. The highest BCUT2D eigenvalue weighted by atomic mass is 16.6. The van der Waals surface area contributed by atoms with Crippen LogP contribution in [-0.4, -0.2) is 30.5 Å². The van der Waals surface area contributed by atoms with Gasteiger partial charge in [-0.15, -0.1) is 0 Å². The predicted molar refractivity (Wildman–Crippen MR) is 49.7 cm³/mol. The fraction of sp³-hybridized carbons (Fsp3) is 0.600. The van der Waals surface area contributed by atoms with Gasteiger partial charge in [0.05, 0.1) is 32.5 Å². The van der Waals surface area contributed by atoms with E-state index in [9.17, 15) is 0 Å². The Morgan fingerprint density at radius 1 is 1.54 bits per heavy atom. The molecule has 3 heteroatoms. The summed E-state index contributed by atoms with van der Waals surface area (Å²) in [4.78, 5) is 0. The first-order valence-corrected chi connectivity index (χ1v) is 4.67. The smallest absolute Gasteiger partial charge is 0.0987 e. The second-order valence-corrected chi connectivity index (χ2v) is 3.37. The van der Waals surface area contributed by atoms with Gasteiger partial charge in [0.15, 0.2) is 0 Å². The lowest BCUT2D eigenvalue weighted by molar-refractivity contribution is -0.0937. The first-order chi connectivity index (χ1) is 6.36. The van der Waals surface area contributed by atoms with Gasteiger partial charge in [0.1, 0.15) is 0 Å². The molecule has 0 N–H and O–H groups in total. The molecule has 3 nitrogen and oxygen atoms in total. The fourth-order valence-corrected chi connectivity index (χ4v) is 1.57. The highest BCUT2D eigenvalue weighted by Crippen LogP contribution is 2.07. The average Bonchev–Trinajstić information content (AvgIpc) is 2.54. The highest BCUT2D eigenvalue weighted by Gasteiger charge is 2.14. The zero-order valence-electron chi connectivity index (χ0n) is 7.90. The van der Waals surface area contributed by atoms with Crippen molar-refractivity contribution in [3.8, 4) is 0 Å². The van der Waals surface area contributed by atoms with E-state index in [0.717, 1.165) is 26.4 Å². The number of rotatable bonds is 2. The molecule has 2 heterocycles. The van der Waals surface area contributed by atoms with Gasteiger partial charge in [-0.3, -0.25) is 0 Å². The van der Waals surface area contributed by atoms with Gasteiger partial charge in [0.2, 0.25) is 0 Å². The summed E-state index contributed by atoms with van der Waals surface area (Å²) < 4.78 is 13.1. The number of aromatic nitrogens is 1. The minimum atomic E-state index is 0.222. The van der Waals surface area contributed by atoms with Gasteiger partial charge in [-0.25, -0.2) is 0 Å². The Kier molecular flexibility index (Phi) is 2.66. The zero-order valence-corrected chi connectivity index (χ0v) is 7.90. The summed E-state index contributed by atoms with van der Waals surface area (Å²) in [5.74, 6) is 0. The molecule has 0 bridgehead atoms. The van der Waals surface area contributed by atoms with E-state index in [1.165, 1.54) is 5.69 Å². The minimum absolute atomic E-state index is 0.222. The average molecular weight is 181 g/mol. The van der Waals surface area contributed by atoms with Crippen LogP contribution in [0.1, 0.15) is 5.69 Å². The van der Waals surface area contributed by atoms with Crippen LogP contribution in [0.25, 0.3) is 0 Å². The summed E-state index contributed by atoms with van der Waals surface area (Å²) in [6, 6.07) is 4.16. The number of hydrogen-bond donors (Lipinski definition) is 0. The molecule has 0 aliphatic carbocycles. The monoisotopic (exact) mass is 181 g/mol. The second-order valence-electron chi connectivity index (χ2n) is 3.37. The summed E-state index contributed by atoms with van der Waals surface area (Å²) in [7, 11) is 0. The molecule has 1 aromatic rings. The molecule has 72 valence electrons. The Balaban J connectivity index is 1.93. The van der Waals surface area contributed by atoms with Crippen LogP contribution in [0.4, 0.5) is 0 Å². The van der Waals surface area contributed by atoms with Crippen LogP contribution in [0.15, 0.2) is 18.3 Å². The summed E-state index contributed by atoms with van der Waals surface area (Å²) in [5.41, 5.74) is 1.27. The first kappa shape index (κ1) is 8.78. The van der Waals surface area contributed by atoms with Crippen LogP contribution in [-0.2, 0) is 16.0 Å². The summed E-state index contributed by atoms with van der Waals surface area (Å²) in [5, 5.41) is 0. The van der Waals surface area contributed by atoms with Crippen LogP contribution in [0, 0.1) is 6.92 Å². The molecule has 2 rings (SSSR count). The molecule has 0 amide bonds. The van der Waals surface area contributed by atoms with E-state index in [-0.39, 0.29) is 6.10 Å². The van der Waals surface area contributed by atoms with Crippen molar-refractivity contribution in [1.82, 2.24) is 4.57 Å². The van der Waals surface area contributed by atoms with Crippen LogP contribution < -0.4 is 0 Å². The van der Waals surface area contributed by atoms with E-state index >= 15 is 0 Å². The van der Waals surface area contributed by atoms with Gasteiger partial charge in [0, 0.05) is 11.9 Å². The Hall–Kier alpha value is -0.800. The molecule has 1 aliphatic heterocycles. The largest absolute Gasteiger partial charge is 0.376 e. The molecule has 1 aliphatic rings. The molecule has 0 saturated carbocycles. The van der Waals surface area contributed by atoms with Crippen molar-refractivity contribution in [2.24, 2.45) is 0 Å². The van der Waals surface area contributed by atoms with Crippen LogP contribution in [0.2, 0.25) is 0 Å². The molecule has 0 spiro atoms. The van der Waals surface area contributed by atoms with Crippen molar-refractivity contribution < 1.29 is 9.47 Å². The first-order valence-electron chi connectivity index (χ1n) is 4.67. The van der Waals surface area contributed by atoms with Crippen molar-refractivity contribution in [1.29, 1.82) is 0 Å². The van der Waals surface area contributed by atoms with Crippen molar-refractivity contribution in [3.05, 3.63) is 24.0 Å². The van der Waals surface area contributed by atoms with Crippen LogP contribution in [0.3, 0.4) is 0 Å². The maximum absolute atomic E-state index is 5.56. The molecule has 0 radical (unpaired) electrons. The van der Waals surface area contributed by atoms with Gasteiger partial charge >= 0.3 is 0 Å². The third-order valence-electron chi connectivity index (χ3n) is 2.34. The van der Waals surface area contributed by atoms with Gasteiger partial charge in [-0.2, -0.15) is 0 Å². The molecule has 1 unspecified atom stereocenters. The third kappa shape index (κ3) is 2.11. The van der Waals surface area contributed by atoms with Gasteiger partial charge < -0.3 is 14.0 Å². The van der Waals surface area contributed by atoms with E-state index in [2.05, 4.69) is 29.8 Å². The number of aryl methyl sites for hydroxylation is 1. The molecule has 1 fully saturated rings.